The molecule has 1 aliphatic heterocycles. The monoisotopic (exact) mass is 238 g/mol. The lowest BCUT2D eigenvalue weighted by Crippen LogP contribution is -2.61. The summed E-state index contributed by atoms with van der Waals surface area (Å²) in [4.78, 5) is 0. The van der Waals surface area contributed by atoms with Gasteiger partial charge in [0.05, 0.1) is 25.7 Å². The molecule has 0 N–H and O–H groups in total. The molecule has 0 aromatic heterocycles. The predicted molar refractivity (Wildman–Crippen MR) is 75.0 cm³/mol. The van der Waals surface area contributed by atoms with Crippen molar-refractivity contribution in [3.8, 4) is 0 Å². The van der Waals surface area contributed by atoms with Gasteiger partial charge in [-0.1, -0.05) is 13.8 Å². The van der Waals surface area contributed by atoms with Gasteiger partial charge in [0.2, 0.25) is 0 Å². The minimum absolute atomic E-state index is 1.01. The van der Waals surface area contributed by atoms with Crippen LogP contribution in [0.3, 0.4) is 0 Å². The minimum atomic E-state index is 1.01. The molecule has 100 valence electrons. The fourth-order valence-electron chi connectivity index (χ4n) is 4.58. The maximum absolute atomic E-state index is 2.45. The largest absolute Gasteiger partial charge is 0.321 e. The van der Waals surface area contributed by atoms with Crippen molar-refractivity contribution in [1.29, 1.82) is 0 Å². The van der Waals surface area contributed by atoms with Crippen molar-refractivity contribution in [3.05, 3.63) is 0 Å². The zero-order chi connectivity index (χ0) is 12.3. The summed E-state index contributed by atoms with van der Waals surface area (Å²) in [6.07, 6.45) is 10.4. The second-order valence-electron chi connectivity index (χ2n) is 6.62. The Bertz CT molecular complexity index is 218. The molecule has 0 amide bonds. The first-order valence-electron chi connectivity index (χ1n) is 8.09. The average molecular weight is 238 g/mol. The normalized spacial score (nSPS) is 39.7. The molecule has 1 saturated heterocycles. The highest BCUT2D eigenvalue weighted by Gasteiger charge is 2.43. The Labute approximate surface area is 108 Å². The Morgan fingerprint density at radius 2 is 1.41 bits per heavy atom. The van der Waals surface area contributed by atoms with E-state index in [1.54, 1.807) is 0 Å². The summed E-state index contributed by atoms with van der Waals surface area (Å²) in [6.45, 7) is 11.6. The molecule has 2 atom stereocenters. The van der Waals surface area contributed by atoms with E-state index in [1.165, 1.54) is 69.1 Å². The average Bonchev–Trinajstić information content (AvgIpc) is 2.92. The van der Waals surface area contributed by atoms with Gasteiger partial charge in [0, 0.05) is 11.8 Å². The molecule has 1 heterocycles. The van der Waals surface area contributed by atoms with E-state index in [1.807, 2.05) is 0 Å². The van der Waals surface area contributed by atoms with Gasteiger partial charge >= 0.3 is 0 Å². The maximum atomic E-state index is 2.45. The summed E-state index contributed by atoms with van der Waals surface area (Å²) in [5.41, 5.74) is 0. The molecule has 17 heavy (non-hydrogen) atoms. The van der Waals surface area contributed by atoms with Gasteiger partial charge in [0.25, 0.3) is 0 Å². The Morgan fingerprint density at radius 3 is 1.82 bits per heavy atom. The van der Waals surface area contributed by atoms with E-state index in [2.05, 4.69) is 20.8 Å². The molecule has 1 nitrogen and oxygen atoms in total. The standard InChI is InChI=1S/C16H32N/c1-4-14-11-15(5-2)13-17(6-3,12-14)16-9-7-8-10-16/h14-16H,4-13H2,1-3H3/q+1. The molecule has 1 heteroatoms. The number of quaternary nitrogens is 1. The molecule has 2 aliphatic rings. The zero-order valence-electron chi connectivity index (χ0n) is 12.3. The Morgan fingerprint density at radius 1 is 0.882 bits per heavy atom. The molecule has 0 spiro atoms. The van der Waals surface area contributed by atoms with Crippen LogP contribution < -0.4 is 0 Å². The Hall–Kier alpha value is -0.0400. The SMILES string of the molecule is CCC1CC(CC)C[N+](CC)(C2CCCC2)C1. The quantitative estimate of drug-likeness (QED) is 0.643. The van der Waals surface area contributed by atoms with Crippen molar-refractivity contribution in [1.82, 2.24) is 0 Å². The number of rotatable bonds is 4. The number of likely N-dealkylation sites (tertiary alicyclic amines) is 1. The van der Waals surface area contributed by atoms with Crippen LogP contribution in [-0.2, 0) is 0 Å². The van der Waals surface area contributed by atoms with Crippen LogP contribution in [0.5, 0.6) is 0 Å². The van der Waals surface area contributed by atoms with Gasteiger partial charge in [-0.25, -0.2) is 0 Å². The van der Waals surface area contributed by atoms with Crippen molar-refractivity contribution in [2.45, 2.75) is 71.8 Å². The van der Waals surface area contributed by atoms with Gasteiger partial charge in [-0.2, -0.15) is 0 Å². The third-order valence-electron chi connectivity index (χ3n) is 5.79. The molecule has 2 fully saturated rings. The van der Waals surface area contributed by atoms with Crippen LogP contribution in [0.25, 0.3) is 0 Å². The van der Waals surface area contributed by atoms with Crippen molar-refractivity contribution in [3.63, 3.8) is 0 Å². The molecule has 0 aromatic rings. The third kappa shape index (κ3) is 2.70. The highest BCUT2D eigenvalue weighted by atomic mass is 15.4. The molecule has 2 unspecified atom stereocenters. The van der Waals surface area contributed by atoms with E-state index in [-0.39, 0.29) is 0 Å². The van der Waals surface area contributed by atoms with Crippen molar-refractivity contribution < 1.29 is 4.48 Å². The number of hydrogen-bond donors (Lipinski definition) is 0. The summed E-state index contributed by atoms with van der Waals surface area (Å²) in [6, 6.07) is 1.02. The lowest BCUT2D eigenvalue weighted by molar-refractivity contribution is -0.959. The van der Waals surface area contributed by atoms with Gasteiger partial charge in [-0.15, -0.1) is 0 Å². The first-order valence-corrected chi connectivity index (χ1v) is 8.09. The maximum Gasteiger partial charge on any atom is 0.0890 e. The molecule has 1 saturated carbocycles. The van der Waals surface area contributed by atoms with Crippen molar-refractivity contribution in [2.75, 3.05) is 19.6 Å². The Balaban J connectivity index is 2.12. The summed E-state index contributed by atoms with van der Waals surface area (Å²) < 4.78 is 1.48. The Kier molecular flexibility index (Phi) is 4.52. The molecular weight excluding hydrogens is 206 g/mol. The van der Waals surface area contributed by atoms with Crippen LogP contribution in [0, 0.1) is 11.8 Å². The third-order valence-corrected chi connectivity index (χ3v) is 5.79. The van der Waals surface area contributed by atoms with E-state index in [0.29, 0.717) is 0 Å². The van der Waals surface area contributed by atoms with Gasteiger partial charge in [0.1, 0.15) is 0 Å². The second-order valence-corrected chi connectivity index (χ2v) is 6.62. The van der Waals surface area contributed by atoms with Crippen LogP contribution in [0.2, 0.25) is 0 Å². The molecule has 1 aliphatic carbocycles. The van der Waals surface area contributed by atoms with Crippen LogP contribution in [0.4, 0.5) is 0 Å². The first-order chi connectivity index (χ1) is 8.24. The van der Waals surface area contributed by atoms with Crippen LogP contribution in [0.1, 0.15) is 65.7 Å². The summed E-state index contributed by atoms with van der Waals surface area (Å²) in [5, 5.41) is 0. The van der Waals surface area contributed by atoms with E-state index < -0.39 is 0 Å². The molecule has 2 rings (SSSR count). The number of nitrogens with zero attached hydrogens (tertiary/aromatic N) is 1. The van der Waals surface area contributed by atoms with E-state index in [0.717, 1.165) is 17.9 Å². The minimum Gasteiger partial charge on any atom is -0.321 e. The van der Waals surface area contributed by atoms with Gasteiger partial charge < -0.3 is 4.48 Å². The predicted octanol–water partition coefficient (Wildman–Crippen LogP) is 4.22. The van der Waals surface area contributed by atoms with Crippen molar-refractivity contribution in [2.24, 2.45) is 11.8 Å². The van der Waals surface area contributed by atoms with Gasteiger partial charge in [-0.05, 0) is 51.9 Å². The van der Waals surface area contributed by atoms with Crippen LogP contribution in [0.15, 0.2) is 0 Å². The van der Waals surface area contributed by atoms with Gasteiger partial charge in [-0.3, -0.25) is 0 Å². The smallest absolute Gasteiger partial charge is 0.0890 e. The van der Waals surface area contributed by atoms with E-state index in [9.17, 15) is 0 Å². The van der Waals surface area contributed by atoms with Crippen molar-refractivity contribution >= 4 is 0 Å². The highest BCUT2D eigenvalue weighted by molar-refractivity contribution is 4.77. The summed E-state index contributed by atoms with van der Waals surface area (Å²) >= 11 is 0. The molecule has 0 radical (unpaired) electrons. The molecule has 0 bridgehead atoms. The van der Waals surface area contributed by atoms with Crippen LogP contribution in [-0.4, -0.2) is 30.2 Å². The lowest BCUT2D eigenvalue weighted by atomic mass is 9.83. The first kappa shape index (κ1) is 13.4. The fourth-order valence-corrected chi connectivity index (χ4v) is 4.58. The topological polar surface area (TPSA) is 0 Å². The molecular formula is C16H32N+. The fraction of sp³-hybridized carbons (Fsp3) is 1.00. The second kappa shape index (κ2) is 5.73. The van der Waals surface area contributed by atoms with Crippen LogP contribution >= 0.6 is 0 Å². The lowest BCUT2D eigenvalue weighted by Gasteiger charge is -2.50. The highest BCUT2D eigenvalue weighted by Crippen LogP contribution is 2.38. The summed E-state index contributed by atoms with van der Waals surface area (Å²) in [7, 11) is 0. The zero-order valence-corrected chi connectivity index (χ0v) is 12.3. The number of hydrogen-bond acceptors (Lipinski definition) is 0. The summed E-state index contributed by atoms with van der Waals surface area (Å²) in [5.74, 6) is 2.02. The van der Waals surface area contributed by atoms with E-state index in [4.69, 9.17) is 0 Å². The molecule has 0 aromatic carbocycles. The van der Waals surface area contributed by atoms with Gasteiger partial charge in [0.15, 0.2) is 0 Å². The number of piperidine rings is 1. The van der Waals surface area contributed by atoms with E-state index >= 15 is 0 Å².